The van der Waals surface area contributed by atoms with E-state index in [4.69, 9.17) is 4.74 Å². The molecule has 0 radical (unpaired) electrons. The number of halogens is 2. The molecular weight excluding hydrogens is 353 g/mol. The quantitative estimate of drug-likeness (QED) is 0.817. The third kappa shape index (κ3) is 4.46. The maximum Gasteiger partial charge on any atom is 0.254 e. The van der Waals surface area contributed by atoms with E-state index in [1.165, 1.54) is 0 Å². The van der Waals surface area contributed by atoms with Gasteiger partial charge in [0.1, 0.15) is 0 Å². The fourth-order valence-electron chi connectivity index (χ4n) is 2.39. The van der Waals surface area contributed by atoms with Gasteiger partial charge in [0.05, 0.1) is 7.11 Å². The molecule has 0 saturated carbocycles. The fraction of sp³-hybridized carbons (Fsp3) is 0.333. The Balaban J connectivity index is 0.00000144. The summed E-state index contributed by atoms with van der Waals surface area (Å²) in [6, 6.07) is 5.19. The second-order valence-corrected chi connectivity index (χ2v) is 4.91. The molecule has 2 aromatic heterocycles. The first-order valence-electron chi connectivity index (χ1n) is 7.09. The van der Waals surface area contributed by atoms with Crippen LogP contribution < -0.4 is 9.64 Å². The molecule has 7 nitrogen and oxygen atoms in total. The molecule has 0 unspecified atom stereocenters. The maximum absolute atomic E-state index is 12.4. The van der Waals surface area contributed by atoms with Gasteiger partial charge >= 0.3 is 0 Å². The zero-order chi connectivity index (χ0) is 15.4. The summed E-state index contributed by atoms with van der Waals surface area (Å²) >= 11 is 0. The maximum atomic E-state index is 12.4. The lowest BCUT2D eigenvalue weighted by Gasteiger charge is -2.34. The van der Waals surface area contributed by atoms with Crippen LogP contribution in [0.1, 0.15) is 10.4 Å². The molecule has 2 aromatic rings. The van der Waals surface area contributed by atoms with Crippen molar-refractivity contribution in [2.75, 3.05) is 38.2 Å². The molecule has 3 rings (SSSR count). The molecule has 130 valence electrons. The van der Waals surface area contributed by atoms with E-state index < -0.39 is 0 Å². The first-order chi connectivity index (χ1) is 10.8. The second-order valence-electron chi connectivity index (χ2n) is 4.91. The monoisotopic (exact) mass is 371 g/mol. The van der Waals surface area contributed by atoms with Gasteiger partial charge in [-0.05, 0) is 12.1 Å². The highest BCUT2D eigenvalue weighted by molar-refractivity contribution is 5.94. The van der Waals surface area contributed by atoms with Crippen LogP contribution in [0.4, 0.5) is 5.95 Å². The van der Waals surface area contributed by atoms with E-state index in [0.717, 1.165) is 0 Å². The number of ether oxygens (including phenoxy) is 1. The molecule has 0 aliphatic carbocycles. The summed E-state index contributed by atoms with van der Waals surface area (Å²) in [6.45, 7) is 2.68. The first kappa shape index (κ1) is 19.9. The Kier molecular flexibility index (Phi) is 7.67. The van der Waals surface area contributed by atoms with Crippen LogP contribution in [0.5, 0.6) is 5.88 Å². The van der Waals surface area contributed by atoms with Crippen LogP contribution in [0.15, 0.2) is 36.8 Å². The number of amides is 1. The van der Waals surface area contributed by atoms with E-state index in [0.29, 0.717) is 43.6 Å². The Morgan fingerprint density at radius 2 is 1.71 bits per heavy atom. The highest BCUT2D eigenvalue weighted by atomic mass is 35.5. The summed E-state index contributed by atoms with van der Waals surface area (Å²) in [5, 5.41) is 0. The second kappa shape index (κ2) is 9.24. The number of carbonyl (C=O) groups is 1. The van der Waals surface area contributed by atoms with Gasteiger partial charge in [0, 0.05) is 56.4 Å². The lowest BCUT2D eigenvalue weighted by atomic mass is 10.2. The van der Waals surface area contributed by atoms with Crippen molar-refractivity contribution in [3.8, 4) is 5.88 Å². The number of nitrogens with zero attached hydrogens (tertiary/aromatic N) is 5. The standard InChI is InChI=1S/C15H17N5O2.2ClH/c1-22-13-4-7-17-15(18-13)20-10-8-19(9-11-20)14(21)12-2-5-16-6-3-12;;/h2-7H,8-11H2,1H3;2*1H. The van der Waals surface area contributed by atoms with E-state index in [1.54, 1.807) is 43.9 Å². The molecular formula is C15H19Cl2N5O2. The van der Waals surface area contributed by atoms with Crippen LogP contribution in [0.2, 0.25) is 0 Å². The van der Waals surface area contributed by atoms with E-state index in [9.17, 15) is 4.79 Å². The molecule has 9 heteroatoms. The lowest BCUT2D eigenvalue weighted by molar-refractivity contribution is 0.0746. The number of rotatable bonds is 3. The predicted octanol–water partition coefficient (Wildman–Crippen LogP) is 1.69. The third-order valence-corrected chi connectivity index (χ3v) is 3.60. The molecule has 0 atom stereocenters. The molecule has 1 fully saturated rings. The van der Waals surface area contributed by atoms with Crippen molar-refractivity contribution in [3.05, 3.63) is 42.4 Å². The average Bonchev–Trinajstić information content (AvgIpc) is 2.62. The van der Waals surface area contributed by atoms with Gasteiger partial charge in [-0.2, -0.15) is 4.98 Å². The number of methoxy groups -OCH3 is 1. The number of anilines is 1. The number of carbonyl (C=O) groups excluding carboxylic acids is 1. The zero-order valence-corrected chi connectivity index (χ0v) is 14.8. The largest absolute Gasteiger partial charge is 0.481 e. The van der Waals surface area contributed by atoms with Crippen LogP contribution >= 0.6 is 24.8 Å². The summed E-state index contributed by atoms with van der Waals surface area (Å²) < 4.78 is 5.11. The minimum absolute atomic E-state index is 0. The molecule has 0 N–H and O–H groups in total. The van der Waals surface area contributed by atoms with Gasteiger partial charge in [0.25, 0.3) is 5.91 Å². The first-order valence-corrected chi connectivity index (χ1v) is 7.09. The summed E-state index contributed by atoms with van der Waals surface area (Å²) in [4.78, 5) is 28.8. The zero-order valence-electron chi connectivity index (χ0n) is 13.2. The Labute approximate surface area is 152 Å². The minimum Gasteiger partial charge on any atom is -0.481 e. The van der Waals surface area contributed by atoms with Crippen LogP contribution in [0.25, 0.3) is 0 Å². The number of piperazine rings is 1. The molecule has 0 spiro atoms. The van der Waals surface area contributed by atoms with Gasteiger partial charge in [0.15, 0.2) is 0 Å². The Bertz CT molecular complexity index is 651. The highest BCUT2D eigenvalue weighted by Crippen LogP contribution is 2.15. The minimum atomic E-state index is 0. The van der Waals surface area contributed by atoms with Crippen molar-refractivity contribution in [2.45, 2.75) is 0 Å². The summed E-state index contributed by atoms with van der Waals surface area (Å²) in [6.07, 6.45) is 4.94. The number of pyridine rings is 1. The normalized spacial score (nSPS) is 13.5. The van der Waals surface area contributed by atoms with Crippen molar-refractivity contribution >= 4 is 36.7 Å². The van der Waals surface area contributed by atoms with Crippen molar-refractivity contribution in [1.82, 2.24) is 19.9 Å². The Morgan fingerprint density at radius 3 is 2.33 bits per heavy atom. The van der Waals surface area contributed by atoms with Gasteiger partial charge in [-0.25, -0.2) is 4.98 Å². The molecule has 1 aliphatic rings. The van der Waals surface area contributed by atoms with Crippen molar-refractivity contribution in [1.29, 1.82) is 0 Å². The van der Waals surface area contributed by atoms with E-state index in [2.05, 4.69) is 19.9 Å². The summed E-state index contributed by atoms with van der Waals surface area (Å²) in [7, 11) is 1.58. The predicted molar refractivity (Wildman–Crippen MR) is 95.4 cm³/mol. The van der Waals surface area contributed by atoms with Crippen LogP contribution in [-0.4, -0.2) is 59.0 Å². The molecule has 1 saturated heterocycles. The number of hydrogen-bond donors (Lipinski definition) is 0. The molecule has 1 amide bonds. The van der Waals surface area contributed by atoms with E-state index in [-0.39, 0.29) is 30.7 Å². The molecule has 0 aromatic carbocycles. The van der Waals surface area contributed by atoms with Gasteiger partial charge in [0.2, 0.25) is 11.8 Å². The molecule has 3 heterocycles. The molecule has 24 heavy (non-hydrogen) atoms. The number of aromatic nitrogens is 3. The van der Waals surface area contributed by atoms with Crippen LogP contribution in [0, 0.1) is 0 Å². The number of hydrogen-bond acceptors (Lipinski definition) is 6. The lowest BCUT2D eigenvalue weighted by Crippen LogP contribution is -2.49. The highest BCUT2D eigenvalue weighted by Gasteiger charge is 2.23. The summed E-state index contributed by atoms with van der Waals surface area (Å²) in [5.74, 6) is 1.21. The SMILES string of the molecule is COc1ccnc(N2CCN(C(=O)c3ccncc3)CC2)n1.Cl.Cl. The summed E-state index contributed by atoms with van der Waals surface area (Å²) in [5.41, 5.74) is 0.668. The Hall–Kier alpha value is -2.12. The van der Waals surface area contributed by atoms with Gasteiger partial charge in [-0.1, -0.05) is 0 Å². The van der Waals surface area contributed by atoms with Crippen LogP contribution in [-0.2, 0) is 0 Å². The fourth-order valence-corrected chi connectivity index (χ4v) is 2.39. The van der Waals surface area contributed by atoms with Crippen molar-refractivity contribution in [3.63, 3.8) is 0 Å². The van der Waals surface area contributed by atoms with E-state index >= 15 is 0 Å². The molecule has 0 bridgehead atoms. The van der Waals surface area contributed by atoms with Crippen molar-refractivity contribution in [2.24, 2.45) is 0 Å². The smallest absolute Gasteiger partial charge is 0.254 e. The Morgan fingerprint density at radius 1 is 1.04 bits per heavy atom. The van der Waals surface area contributed by atoms with E-state index in [1.807, 2.05) is 4.90 Å². The average molecular weight is 372 g/mol. The van der Waals surface area contributed by atoms with Gasteiger partial charge in [-0.15, -0.1) is 24.8 Å². The topological polar surface area (TPSA) is 71.5 Å². The van der Waals surface area contributed by atoms with Gasteiger partial charge < -0.3 is 14.5 Å². The molecule has 1 aliphatic heterocycles. The van der Waals surface area contributed by atoms with Gasteiger partial charge in [-0.3, -0.25) is 9.78 Å². The van der Waals surface area contributed by atoms with Crippen LogP contribution in [0.3, 0.4) is 0 Å². The third-order valence-electron chi connectivity index (χ3n) is 3.60. The van der Waals surface area contributed by atoms with Crippen molar-refractivity contribution < 1.29 is 9.53 Å².